The minimum absolute atomic E-state index is 0.106. The zero-order chi connectivity index (χ0) is 24.1. The van der Waals surface area contributed by atoms with Crippen LogP contribution in [-0.2, 0) is 14.8 Å². The van der Waals surface area contributed by atoms with Gasteiger partial charge in [-0.2, -0.15) is 5.10 Å². The van der Waals surface area contributed by atoms with Gasteiger partial charge in [-0.3, -0.25) is 5.10 Å². The molecule has 1 aromatic carbocycles. The van der Waals surface area contributed by atoms with Gasteiger partial charge in [0.25, 0.3) is 0 Å². The predicted molar refractivity (Wildman–Crippen MR) is 131 cm³/mol. The van der Waals surface area contributed by atoms with Gasteiger partial charge in [0.2, 0.25) is 10.0 Å². The number of carbonyl (C=O) groups is 1. The molecule has 0 spiro atoms. The molecule has 2 heterocycles. The number of aromatic nitrogens is 3. The first kappa shape index (κ1) is 24.2. The molecule has 0 radical (unpaired) electrons. The summed E-state index contributed by atoms with van der Waals surface area (Å²) in [7, 11) is -2.35. The minimum Gasteiger partial charge on any atom is -0.453 e. The highest BCUT2D eigenvalue weighted by Crippen LogP contribution is 2.40. The summed E-state index contributed by atoms with van der Waals surface area (Å²) in [5, 5.41) is 13.7. The highest BCUT2D eigenvalue weighted by atomic mass is 32.2. The van der Waals surface area contributed by atoms with Crippen LogP contribution in [0.15, 0.2) is 41.6 Å². The highest BCUT2D eigenvalue weighted by Gasteiger charge is 2.27. The molecule has 34 heavy (non-hydrogen) atoms. The standard InChI is InChI=1S/C22H28N6O4S2/c1-3-25-34(30,31)19-12-16(26-20-10-11-24-28-20)8-9-17(19)18-13-23-21(33-18)14-4-6-15(7-5-14)27-22(29)32-2/h8-15,25H,3-7H2,1-2H3,(H,27,29)(H2,24,26,28)/t14-,15-. The van der Waals surface area contributed by atoms with Crippen molar-refractivity contribution in [3.8, 4) is 10.4 Å². The fourth-order valence-electron chi connectivity index (χ4n) is 4.09. The molecule has 3 aromatic rings. The quantitative estimate of drug-likeness (QED) is 0.364. The summed E-state index contributed by atoms with van der Waals surface area (Å²) < 4.78 is 33.3. The van der Waals surface area contributed by atoms with E-state index >= 15 is 0 Å². The molecule has 1 aliphatic rings. The molecule has 0 aliphatic heterocycles. The van der Waals surface area contributed by atoms with Crippen molar-refractivity contribution in [2.24, 2.45) is 0 Å². The monoisotopic (exact) mass is 504 g/mol. The van der Waals surface area contributed by atoms with Crippen LogP contribution in [0.4, 0.5) is 16.3 Å². The van der Waals surface area contributed by atoms with Crippen LogP contribution in [0.3, 0.4) is 0 Å². The fourth-order valence-corrected chi connectivity index (χ4v) is 6.56. The first-order valence-corrected chi connectivity index (χ1v) is 13.4. The summed E-state index contributed by atoms with van der Waals surface area (Å²) in [4.78, 5) is 17.1. The number of carbonyl (C=O) groups excluding carboxylic acids is 1. The van der Waals surface area contributed by atoms with E-state index in [0.29, 0.717) is 17.1 Å². The lowest BCUT2D eigenvalue weighted by Gasteiger charge is -2.27. The molecule has 182 valence electrons. The van der Waals surface area contributed by atoms with E-state index in [4.69, 9.17) is 0 Å². The zero-order valence-electron chi connectivity index (χ0n) is 19.0. The number of ether oxygens (including phenoxy) is 1. The summed E-state index contributed by atoms with van der Waals surface area (Å²) in [5.74, 6) is 0.946. The average Bonchev–Trinajstić information content (AvgIpc) is 3.52. The summed E-state index contributed by atoms with van der Waals surface area (Å²) in [6.45, 7) is 2.04. The number of nitrogens with one attached hydrogen (secondary N) is 4. The van der Waals surface area contributed by atoms with Crippen LogP contribution in [0.1, 0.15) is 43.5 Å². The molecular weight excluding hydrogens is 476 g/mol. The van der Waals surface area contributed by atoms with E-state index in [2.05, 4.69) is 35.3 Å². The van der Waals surface area contributed by atoms with Crippen molar-refractivity contribution in [1.29, 1.82) is 0 Å². The predicted octanol–water partition coefficient (Wildman–Crippen LogP) is 3.96. The topological polar surface area (TPSA) is 138 Å². The van der Waals surface area contributed by atoms with E-state index < -0.39 is 16.1 Å². The van der Waals surface area contributed by atoms with E-state index in [1.54, 1.807) is 37.5 Å². The van der Waals surface area contributed by atoms with Crippen molar-refractivity contribution in [2.75, 3.05) is 19.0 Å². The van der Waals surface area contributed by atoms with Crippen LogP contribution >= 0.6 is 11.3 Å². The van der Waals surface area contributed by atoms with Crippen molar-refractivity contribution in [3.63, 3.8) is 0 Å². The number of hydrogen-bond donors (Lipinski definition) is 4. The van der Waals surface area contributed by atoms with E-state index in [1.807, 2.05) is 6.07 Å². The lowest BCUT2D eigenvalue weighted by atomic mass is 9.86. The van der Waals surface area contributed by atoms with Crippen LogP contribution in [0.2, 0.25) is 0 Å². The molecule has 0 bridgehead atoms. The normalized spacial score (nSPS) is 18.4. The van der Waals surface area contributed by atoms with Crippen molar-refractivity contribution < 1.29 is 17.9 Å². The van der Waals surface area contributed by atoms with E-state index in [0.717, 1.165) is 35.6 Å². The maximum Gasteiger partial charge on any atom is 0.407 e. The number of anilines is 2. The first-order valence-electron chi connectivity index (χ1n) is 11.1. The molecule has 1 saturated carbocycles. The number of alkyl carbamates (subject to hydrolysis) is 1. The molecule has 0 unspecified atom stereocenters. The smallest absolute Gasteiger partial charge is 0.407 e. The SMILES string of the molecule is CCNS(=O)(=O)c1cc(Nc2ccn[nH]2)ccc1-c1cnc([C@H]2CC[C@H](NC(=O)OC)CC2)s1. The number of nitrogens with zero attached hydrogens (tertiary/aromatic N) is 2. The van der Waals surface area contributed by atoms with Crippen LogP contribution in [-0.4, -0.2) is 49.4 Å². The van der Waals surface area contributed by atoms with Crippen LogP contribution in [0, 0.1) is 0 Å². The van der Waals surface area contributed by atoms with Gasteiger partial charge in [0.1, 0.15) is 5.82 Å². The Kier molecular flexibility index (Phi) is 7.49. The fraction of sp³-hybridized carbons (Fsp3) is 0.409. The number of aromatic amines is 1. The van der Waals surface area contributed by atoms with Gasteiger partial charge in [-0.15, -0.1) is 11.3 Å². The molecule has 12 heteroatoms. The Labute approximate surface area is 202 Å². The number of sulfonamides is 1. The maximum atomic E-state index is 13.0. The van der Waals surface area contributed by atoms with Crippen LogP contribution < -0.4 is 15.4 Å². The summed E-state index contributed by atoms with van der Waals surface area (Å²) in [6, 6.07) is 7.13. The average molecular weight is 505 g/mol. The van der Waals surface area contributed by atoms with Gasteiger partial charge in [0, 0.05) is 42.0 Å². The Morgan fingerprint density at radius 2 is 2.03 bits per heavy atom. The van der Waals surface area contributed by atoms with Gasteiger partial charge < -0.3 is 15.4 Å². The molecular formula is C22H28N6O4S2. The molecule has 4 rings (SSSR count). The molecule has 0 saturated heterocycles. The van der Waals surface area contributed by atoms with E-state index in [1.165, 1.54) is 18.4 Å². The second-order valence-corrected chi connectivity index (χ2v) is 10.9. The second-order valence-electron chi connectivity index (χ2n) is 8.05. The highest BCUT2D eigenvalue weighted by molar-refractivity contribution is 7.89. The lowest BCUT2D eigenvalue weighted by molar-refractivity contribution is 0.162. The Bertz CT molecular complexity index is 1220. The van der Waals surface area contributed by atoms with Gasteiger partial charge in [0.05, 0.1) is 28.1 Å². The molecule has 1 aliphatic carbocycles. The molecule has 1 fully saturated rings. The summed E-state index contributed by atoms with van der Waals surface area (Å²) in [5.41, 5.74) is 1.24. The number of benzene rings is 1. The zero-order valence-corrected chi connectivity index (χ0v) is 20.6. The first-order chi connectivity index (χ1) is 16.4. The molecule has 4 N–H and O–H groups in total. The number of amides is 1. The third-order valence-electron chi connectivity index (χ3n) is 5.76. The van der Waals surface area contributed by atoms with Crippen molar-refractivity contribution in [2.45, 2.75) is 49.5 Å². The lowest BCUT2D eigenvalue weighted by Crippen LogP contribution is -2.37. The van der Waals surface area contributed by atoms with E-state index in [-0.39, 0.29) is 23.4 Å². The molecule has 1 amide bonds. The Morgan fingerprint density at radius 1 is 1.24 bits per heavy atom. The second kappa shape index (κ2) is 10.5. The number of methoxy groups -OCH3 is 1. The van der Waals surface area contributed by atoms with Crippen molar-refractivity contribution in [1.82, 2.24) is 25.2 Å². The van der Waals surface area contributed by atoms with Gasteiger partial charge in [-0.25, -0.2) is 22.9 Å². The van der Waals surface area contributed by atoms with Crippen LogP contribution in [0.25, 0.3) is 10.4 Å². The van der Waals surface area contributed by atoms with Crippen molar-refractivity contribution in [3.05, 3.63) is 41.7 Å². The Balaban J connectivity index is 1.56. The Hall–Kier alpha value is -2.96. The van der Waals surface area contributed by atoms with Gasteiger partial charge in [0.15, 0.2) is 0 Å². The van der Waals surface area contributed by atoms with Crippen LogP contribution in [0.5, 0.6) is 0 Å². The van der Waals surface area contributed by atoms with Gasteiger partial charge >= 0.3 is 6.09 Å². The van der Waals surface area contributed by atoms with Crippen molar-refractivity contribution >= 4 is 39.0 Å². The largest absolute Gasteiger partial charge is 0.453 e. The molecule has 2 aromatic heterocycles. The number of hydrogen-bond acceptors (Lipinski definition) is 8. The summed E-state index contributed by atoms with van der Waals surface area (Å²) >= 11 is 1.52. The number of H-pyrrole nitrogens is 1. The third-order valence-corrected chi connectivity index (χ3v) is 8.54. The van der Waals surface area contributed by atoms with Gasteiger partial charge in [-0.1, -0.05) is 13.0 Å². The molecule has 10 nitrogen and oxygen atoms in total. The number of thiazole rings is 1. The Morgan fingerprint density at radius 3 is 2.71 bits per heavy atom. The molecule has 0 atom stereocenters. The number of rotatable bonds is 8. The maximum absolute atomic E-state index is 13.0. The summed E-state index contributed by atoms with van der Waals surface area (Å²) in [6.07, 6.45) is 6.46. The van der Waals surface area contributed by atoms with E-state index in [9.17, 15) is 13.2 Å². The third kappa shape index (κ3) is 5.57. The van der Waals surface area contributed by atoms with Gasteiger partial charge in [-0.05, 0) is 37.8 Å². The minimum atomic E-state index is -3.72.